The summed E-state index contributed by atoms with van der Waals surface area (Å²) in [6.45, 7) is 3.88. The summed E-state index contributed by atoms with van der Waals surface area (Å²) < 4.78 is 6.62. The Labute approximate surface area is 184 Å². The van der Waals surface area contributed by atoms with Crippen molar-refractivity contribution in [2.75, 3.05) is 24.7 Å². The van der Waals surface area contributed by atoms with Gasteiger partial charge in [0.1, 0.15) is 17.1 Å². The van der Waals surface area contributed by atoms with E-state index in [2.05, 4.69) is 15.7 Å². The predicted octanol–water partition coefficient (Wildman–Crippen LogP) is 2.86. The van der Waals surface area contributed by atoms with Crippen LogP contribution in [0.2, 0.25) is 0 Å². The van der Waals surface area contributed by atoms with E-state index in [0.29, 0.717) is 12.2 Å². The number of nitrogens with one attached hydrogen (secondary N) is 3. The van der Waals surface area contributed by atoms with Crippen LogP contribution in [-0.4, -0.2) is 39.8 Å². The van der Waals surface area contributed by atoms with Crippen LogP contribution in [0.5, 0.6) is 5.75 Å². The second kappa shape index (κ2) is 9.46. The average Bonchev–Trinajstić information content (AvgIpc) is 3.31. The molecule has 0 bridgehead atoms. The van der Waals surface area contributed by atoms with Crippen molar-refractivity contribution in [3.05, 3.63) is 68.6 Å². The van der Waals surface area contributed by atoms with E-state index in [0.717, 1.165) is 4.68 Å². The molecule has 1 unspecified atom stereocenters. The monoisotopic (exact) mass is 441 g/mol. The van der Waals surface area contributed by atoms with Crippen LogP contribution >= 0.6 is 0 Å². The first-order valence-electron chi connectivity index (χ1n) is 10.3. The lowest BCUT2D eigenvalue weighted by atomic mass is 10.1. The number of aryl methyl sites for hydroxylation is 1. The summed E-state index contributed by atoms with van der Waals surface area (Å²) in [5.74, 6) is -0.109. The molecular formula is C22H27N5O5. The predicted molar refractivity (Wildman–Crippen MR) is 122 cm³/mol. The first-order valence-corrected chi connectivity index (χ1v) is 10.3. The molecular weight excluding hydrogens is 414 g/mol. The fourth-order valence-electron chi connectivity index (χ4n) is 3.29. The number of hydrogen-bond donors (Lipinski definition) is 4. The minimum Gasteiger partial charge on any atom is -0.505 e. The zero-order valence-electron chi connectivity index (χ0n) is 18.4. The molecule has 3 aromatic rings. The Balaban J connectivity index is 2.11. The van der Waals surface area contributed by atoms with Crippen molar-refractivity contribution in [3.63, 3.8) is 0 Å². The molecule has 0 spiro atoms. The number of carbonyl (C=O) groups is 1. The Hall–Kier alpha value is -3.95. The van der Waals surface area contributed by atoms with Gasteiger partial charge in [-0.15, -0.1) is 0 Å². The summed E-state index contributed by atoms with van der Waals surface area (Å²) in [5.41, 5.74) is -0.863. The van der Waals surface area contributed by atoms with Crippen LogP contribution in [0, 0.1) is 0 Å². The minimum absolute atomic E-state index is 0.00619. The van der Waals surface area contributed by atoms with Crippen molar-refractivity contribution in [2.45, 2.75) is 32.9 Å². The maximum atomic E-state index is 13.1. The zero-order chi connectivity index (χ0) is 23.4. The SMILES string of the molecule is CCC(Nc1c(Nc2cccc(C(=O)N(C)C)c2O)c(=O)n(CC)[nH]c1=O)c1ccco1. The van der Waals surface area contributed by atoms with Gasteiger partial charge in [0.05, 0.1) is 23.6 Å². The number of hydrogen-bond acceptors (Lipinski definition) is 7. The second-order valence-corrected chi connectivity index (χ2v) is 7.39. The van der Waals surface area contributed by atoms with E-state index in [9.17, 15) is 19.5 Å². The van der Waals surface area contributed by atoms with Crippen LogP contribution in [0.3, 0.4) is 0 Å². The molecule has 2 aromatic heterocycles. The molecule has 0 aliphatic carbocycles. The van der Waals surface area contributed by atoms with Gasteiger partial charge in [-0.05, 0) is 37.6 Å². The van der Waals surface area contributed by atoms with Gasteiger partial charge in [0.15, 0.2) is 5.75 Å². The number of aromatic nitrogens is 2. The van der Waals surface area contributed by atoms with Gasteiger partial charge in [-0.1, -0.05) is 13.0 Å². The topological polar surface area (TPSA) is 133 Å². The number of H-pyrrole nitrogens is 1. The summed E-state index contributed by atoms with van der Waals surface area (Å²) >= 11 is 0. The molecule has 0 saturated heterocycles. The quantitative estimate of drug-likeness (QED) is 0.395. The number of anilines is 3. The molecule has 32 heavy (non-hydrogen) atoms. The summed E-state index contributed by atoms with van der Waals surface area (Å²) in [4.78, 5) is 39.6. The van der Waals surface area contributed by atoms with Crippen molar-refractivity contribution >= 4 is 23.0 Å². The first-order chi connectivity index (χ1) is 15.3. The highest BCUT2D eigenvalue weighted by molar-refractivity contribution is 5.98. The number of phenolic OH excluding ortho intramolecular Hbond substituents is 1. The number of nitrogens with zero attached hydrogens (tertiary/aromatic N) is 2. The lowest BCUT2D eigenvalue weighted by Crippen LogP contribution is -2.33. The molecule has 3 rings (SSSR count). The van der Waals surface area contributed by atoms with Gasteiger partial charge < -0.3 is 25.1 Å². The molecule has 0 fully saturated rings. The maximum absolute atomic E-state index is 13.1. The normalized spacial score (nSPS) is 11.8. The van der Waals surface area contributed by atoms with Crippen molar-refractivity contribution in [1.29, 1.82) is 0 Å². The van der Waals surface area contributed by atoms with Crippen LogP contribution < -0.4 is 21.8 Å². The summed E-state index contributed by atoms with van der Waals surface area (Å²) in [6, 6.07) is 7.73. The molecule has 0 saturated carbocycles. The van der Waals surface area contributed by atoms with Gasteiger partial charge in [0.25, 0.3) is 17.0 Å². The number of aromatic hydroxyl groups is 1. The number of furan rings is 1. The number of phenols is 1. The molecule has 10 nitrogen and oxygen atoms in total. The molecule has 0 aliphatic rings. The van der Waals surface area contributed by atoms with Crippen LogP contribution in [0.25, 0.3) is 0 Å². The number of benzene rings is 1. The van der Waals surface area contributed by atoms with Crippen molar-refractivity contribution in [2.24, 2.45) is 0 Å². The molecule has 10 heteroatoms. The largest absolute Gasteiger partial charge is 0.505 e. The molecule has 2 heterocycles. The number of aromatic amines is 1. The van der Waals surface area contributed by atoms with Crippen LogP contribution in [0.15, 0.2) is 50.6 Å². The Bertz CT molecular complexity index is 1210. The third-order valence-electron chi connectivity index (χ3n) is 5.03. The van der Waals surface area contributed by atoms with E-state index in [-0.39, 0.29) is 41.0 Å². The van der Waals surface area contributed by atoms with E-state index in [1.54, 1.807) is 39.2 Å². The average molecular weight is 441 g/mol. The fourth-order valence-corrected chi connectivity index (χ4v) is 3.29. The first kappa shape index (κ1) is 22.7. The smallest absolute Gasteiger partial charge is 0.291 e. The van der Waals surface area contributed by atoms with Gasteiger partial charge in [0, 0.05) is 20.6 Å². The summed E-state index contributed by atoms with van der Waals surface area (Å²) in [7, 11) is 3.14. The Kier molecular flexibility index (Phi) is 6.72. The molecule has 1 aromatic carbocycles. The lowest BCUT2D eigenvalue weighted by Gasteiger charge is -2.20. The third kappa shape index (κ3) is 4.39. The number of amides is 1. The lowest BCUT2D eigenvalue weighted by molar-refractivity contribution is 0.0824. The van der Waals surface area contributed by atoms with Gasteiger partial charge in [-0.25, -0.2) is 4.68 Å². The summed E-state index contributed by atoms with van der Waals surface area (Å²) in [5, 5.41) is 19.2. The van der Waals surface area contributed by atoms with Crippen LogP contribution in [0.4, 0.5) is 17.1 Å². The summed E-state index contributed by atoms with van der Waals surface area (Å²) in [6.07, 6.45) is 2.12. The highest BCUT2D eigenvalue weighted by Gasteiger charge is 2.22. The molecule has 1 amide bonds. The molecule has 1 atom stereocenters. The van der Waals surface area contributed by atoms with E-state index in [1.165, 1.54) is 23.3 Å². The van der Waals surface area contributed by atoms with Crippen LogP contribution in [0.1, 0.15) is 42.4 Å². The minimum atomic E-state index is -0.515. The van der Waals surface area contributed by atoms with Crippen LogP contribution in [-0.2, 0) is 6.54 Å². The highest BCUT2D eigenvalue weighted by atomic mass is 16.3. The molecule has 0 aliphatic heterocycles. The van der Waals surface area contributed by atoms with Gasteiger partial charge in [0.2, 0.25) is 0 Å². The van der Waals surface area contributed by atoms with Gasteiger partial charge in [-0.2, -0.15) is 0 Å². The third-order valence-corrected chi connectivity index (χ3v) is 5.03. The second-order valence-electron chi connectivity index (χ2n) is 7.39. The van der Waals surface area contributed by atoms with E-state index < -0.39 is 17.0 Å². The van der Waals surface area contributed by atoms with Crippen molar-refractivity contribution in [3.8, 4) is 5.75 Å². The molecule has 170 valence electrons. The van der Waals surface area contributed by atoms with Gasteiger partial charge in [-0.3, -0.25) is 19.5 Å². The van der Waals surface area contributed by atoms with E-state index in [1.807, 2.05) is 6.92 Å². The van der Waals surface area contributed by atoms with Crippen molar-refractivity contribution in [1.82, 2.24) is 14.7 Å². The van der Waals surface area contributed by atoms with Crippen molar-refractivity contribution < 1.29 is 14.3 Å². The Morgan fingerprint density at radius 2 is 1.94 bits per heavy atom. The van der Waals surface area contributed by atoms with E-state index in [4.69, 9.17) is 4.42 Å². The number of rotatable bonds is 8. The fraction of sp³-hybridized carbons (Fsp3) is 0.318. The maximum Gasteiger partial charge on any atom is 0.291 e. The van der Waals surface area contributed by atoms with Gasteiger partial charge >= 0.3 is 0 Å². The Morgan fingerprint density at radius 3 is 2.53 bits per heavy atom. The van der Waals surface area contributed by atoms with E-state index >= 15 is 0 Å². The Morgan fingerprint density at radius 1 is 1.19 bits per heavy atom. The highest BCUT2D eigenvalue weighted by Crippen LogP contribution is 2.32. The standard InChI is InChI=1S/C22H27N5O5/c1-5-14(16-11-8-12-32-16)23-17-18(22(31)27(6-2)25-20(17)29)24-15-10-7-9-13(19(15)28)21(30)26(3)4/h7-12,14,23-24,28H,5-6H2,1-4H3,(H,25,29). The molecule has 4 N–H and O–H groups in total. The molecule has 0 radical (unpaired) electrons. The number of carbonyl (C=O) groups excluding carboxylic acids is 1. The number of para-hydroxylation sites is 1. The zero-order valence-corrected chi connectivity index (χ0v) is 18.4.